The van der Waals surface area contributed by atoms with Crippen LogP contribution in [0.4, 0.5) is 0 Å². The maximum atomic E-state index is 6.13. The molecule has 0 aliphatic carbocycles. The Labute approximate surface area is 82.9 Å². The zero-order valence-corrected chi connectivity index (χ0v) is 8.55. The summed E-state index contributed by atoms with van der Waals surface area (Å²) in [4.78, 5) is 0. The zero-order valence-electron chi connectivity index (χ0n) is 7.79. The van der Waals surface area contributed by atoms with E-state index in [2.05, 4.69) is 30.5 Å². The fourth-order valence-corrected chi connectivity index (χ4v) is 2.07. The third-order valence-corrected chi connectivity index (χ3v) is 2.51. The molecule has 0 fully saturated rings. The van der Waals surface area contributed by atoms with Gasteiger partial charge < -0.3 is 4.57 Å². The summed E-state index contributed by atoms with van der Waals surface area (Å²) in [7, 11) is 0. The van der Waals surface area contributed by atoms with Crippen molar-refractivity contribution >= 4 is 22.5 Å². The summed E-state index contributed by atoms with van der Waals surface area (Å²) in [5.41, 5.74) is 1.21. The number of halogens is 1. The average molecular weight is 194 g/mol. The van der Waals surface area contributed by atoms with E-state index in [1.54, 1.807) is 0 Å². The van der Waals surface area contributed by atoms with E-state index in [-0.39, 0.29) is 0 Å². The lowest BCUT2D eigenvalue weighted by molar-refractivity contribution is 0.624. The molecule has 2 rings (SSSR count). The van der Waals surface area contributed by atoms with E-state index in [1.165, 1.54) is 10.9 Å². The van der Waals surface area contributed by atoms with Crippen molar-refractivity contribution in [1.82, 2.24) is 4.57 Å². The molecule has 68 valence electrons. The molecule has 0 spiro atoms. The van der Waals surface area contributed by atoms with Gasteiger partial charge in [-0.05, 0) is 26.0 Å². The highest BCUT2D eigenvalue weighted by Gasteiger charge is 2.08. The van der Waals surface area contributed by atoms with Crippen LogP contribution in [0.1, 0.15) is 19.9 Å². The van der Waals surface area contributed by atoms with E-state index >= 15 is 0 Å². The van der Waals surface area contributed by atoms with Gasteiger partial charge in [0.1, 0.15) is 5.15 Å². The van der Waals surface area contributed by atoms with Crippen molar-refractivity contribution in [3.63, 3.8) is 0 Å². The average Bonchev–Trinajstić information content (AvgIpc) is 2.39. The van der Waals surface area contributed by atoms with Crippen molar-refractivity contribution in [3.8, 4) is 0 Å². The van der Waals surface area contributed by atoms with Gasteiger partial charge in [0.25, 0.3) is 0 Å². The molecular formula is C11H12ClN. The van der Waals surface area contributed by atoms with Gasteiger partial charge in [0.2, 0.25) is 0 Å². The molecule has 1 heterocycles. The van der Waals surface area contributed by atoms with Crippen molar-refractivity contribution in [2.24, 2.45) is 0 Å². The van der Waals surface area contributed by atoms with E-state index in [1.807, 2.05) is 18.2 Å². The molecule has 0 radical (unpaired) electrons. The molecule has 1 nitrogen and oxygen atoms in total. The lowest BCUT2D eigenvalue weighted by atomic mass is 10.2. The SMILES string of the molecule is CC(C)n1c(Cl)cc2ccccc21. The predicted octanol–water partition coefficient (Wildman–Crippen LogP) is 3.88. The first-order chi connectivity index (χ1) is 6.20. The molecule has 0 atom stereocenters. The second kappa shape index (κ2) is 3.08. The molecule has 0 aliphatic heterocycles. The molecule has 0 saturated carbocycles. The van der Waals surface area contributed by atoms with Crippen LogP contribution in [0.3, 0.4) is 0 Å². The number of rotatable bonds is 1. The van der Waals surface area contributed by atoms with Gasteiger partial charge in [0, 0.05) is 16.9 Å². The van der Waals surface area contributed by atoms with Gasteiger partial charge in [0.05, 0.1) is 0 Å². The lowest BCUT2D eigenvalue weighted by Crippen LogP contribution is -1.99. The minimum absolute atomic E-state index is 0.410. The minimum Gasteiger partial charge on any atom is -0.329 e. The first-order valence-electron chi connectivity index (χ1n) is 4.45. The van der Waals surface area contributed by atoms with Crippen LogP contribution in [0.15, 0.2) is 30.3 Å². The number of fused-ring (bicyclic) bond motifs is 1. The summed E-state index contributed by atoms with van der Waals surface area (Å²) in [6.45, 7) is 4.27. The van der Waals surface area contributed by atoms with Gasteiger partial charge in [-0.1, -0.05) is 29.8 Å². The normalized spacial score (nSPS) is 11.4. The molecule has 0 aliphatic rings. The molecule has 0 unspecified atom stereocenters. The van der Waals surface area contributed by atoms with E-state index in [4.69, 9.17) is 11.6 Å². The Morgan fingerprint density at radius 2 is 1.92 bits per heavy atom. The van der Waals surface area contributed by atoms with Crippen molar-refractivity contribution in [2.45, 2.75) is 19.9 Å². The molecule has 1 aromatic carbocycles. The molecule has 0 amide bonds. The Morgan fingerprint density at radius 3 is 2.62 bits per heavy atom. The monoisotopic (exact) mass is 193 g/mol. The molecule has 0 saturated heterocycles. The quantitative estimate of drug-likeness (QED) is 0.648. The number of benzene rings is 1. The van der Waals surface area contributed by atoms with Gasteiger partial charge in [-0.2, -0.15) is 0 Å². The Morgan fingerprint density at radius 1 is 1.23 bits per heavy atom. The predicted molar refractivity (Wildman–Crippen MR) is 57.3 cm³/mol. The summed E-state index contributed by atoms with van der Waals surface area (Å²) >= 11 is 6.13. The largest absolute Gasteiger partial charge is 0.329 e. The highest BCUT2D eigenvalue weighted by molar-refractivity contribution is 6.31. The van der Waals surface area contributed by atoms with Gasteiger partial charge in [-0.3, -0.25) is 0 Å². The van der Waals surface area contributed by atoms with Crippen LogP contribution < -0.4 is 0 Å². The summed E-state index contributed by atoms with van der Waals surface area (Å²) in [6.07, 6.45) is 0. The van der Waals surface area contributed by atoms with Gasteiger partial charge in [0.15, 0.2) is 0 Å². The number of para-hydroxylation sites is 1. The third kappa shape index (κ3) is 1.33. The highest BCUT2D eigenvalue weighted by atomic mass is 35.5. The number of hydrogen-bond acceptors (Lipinski definition) is 0. The lowest BCUT2D eigenvalue weighted by Gasteiger charge is -2.10. The maximum absolute atomic E-state index is 6.13. The van der Waals surface area contributed by atoms with Crippen LogP contribution in [0.5, 0.6) is 0 Å². The Balaban J connectivity index is 2.78. The van der Waals surface area contributed by atoms with Crippen LogP contribution in [0.25, 0.3) is 10.9 Å². The van der Waals surface area contributed by atoms with E-state index < -0.39 is 0 Å². The first kappa shape index (κ1) is 8.64. The Kier molecular flexibility index (Phi) is 2.04. The van der Waals surface area contributed by atoms with Crippen molar-refractivity contribution in [1.29, 1.82) is 0 Å². The van der Waals surface area contributed by atoms with E-state index in [0.29, 0.717) is 6.04 Å². The maximum Gasteiger partial charge on any atom is 0.110 e. The van der Waals surface area contributed by atoms with Crippen LogP contribution in [0.2, 0.25) is 5.15 Å². The molecule has 2 aromatic rings. The van der Waals surface area contributed by atoms with Crippen molar-refractivity contribution in [3.05, 3.63) is 35.5 Å². The highest BCUT2D eigenvalue weighted by Crippen LogP contribution is 2.26. The summed E-state index contributed by atoms with van der Waals surface area (Å²) in [5.74, 6) is 0. The second-order valence-electron chi connectivity index (χ2n) is 3.49. The summed E-state index contributed by atoms with van der Waals surface area (Å²) in [6, 6.07) is 10.7. The van der Waals surface area contributed by atoms with Gasteiger partial charge >= 0.3 is 0 Å². The Hall–Kier alpha value is -0.950. The van der Waals surface area contributed by atoms with Crippen LogP contribution in [0, 0.1) is 0 Å². The van der Waals surface area contributed by atoms with Gasteiger partial charge in [-0.25, -0.2) is 0 Å². The summed E-state index contributed by atoms with van der Waals surface area (Å²) in [5, 5.41) is 2.03. The molecule has 2 heteroatoms. The fourth-order valence-electron chi connectivity index (χ4n) is 1.67. The molecule has 13 heavy (non-hydrogen) atoms. The smallest absolute Gasteiger partial charge is 0.110 e. The number of hydrogen-bond donors (Lipinski definition) is 0. The molecule has 1 aromatic heterocycles. The molecule has 0 bridgehead atoms. The van der Waals surface area contributed by atoms with E-state index in [9.17, 15) is 0 Å². The Bertz CT molecular complexity index is 429. The standard InChI is InChI=1S/C11H12ClN/c1-8(2)13-10-6-4-3-5-9(10)7-11(13)12/h3-8H,1-2H3. The zero-order chi connectivity index (χ0) is 9.42. The van der Waals surface area contributed by atoms with E-state index in [0.717, 1.165) is 5.15 Å². The first-order valence-corrected chi connectivity index (χ1v) is 4.83. The van der Waals surface area contributed by atoms with Gasteiger partial charge in [-0.15, -0.1) is 0 Å². The summed E-state index contributed by atoms with van der Waals surface area (Å²) < 4.78 is 2.14. The second-order valence-corrected chi connectivity index (χ2v) is 3.88. The topological polar surface area (TPSA) is 4.93 Å². The van der Waals surface area contributed by atoms with Crippen LogP contribution in [-0.2, 0) is 0 Å². The fraction of sp³-hybridized carbons (Fsp3) is 0.273. The van der Waals surface area contributed by atoms with Crippen LogP contribution >= 0.6 is 11.6 Å². The van der Waals surface area contributed by atoms with Crippen molar-refractivity contribution in [2.75, 3.05) is 0 Å². The van der Waals surface area contributed by atoms with Crippen LogP contribution in [-0.4, -0.2) is 4.57 Å². The minimum atomic E-state index is 0.410. The molecular weight excluding hydrogens is 182 g/mol. The molecule has 0 N–H and O–H groups in total. The van der Waals surface area contributed by atoms with Crippen molar-refractivity contribution < 1.29 is 0 Å². The third-order valence-electron chi connectivity index (χ3n) is 2.22. The number of aromatic nitrogens is 1. The number of nitrogens with zero attached hydrogens (tertiary/aromatic N) is 1.